The van der Waals surface area contributed by atoms with Gasteiger partial charge in [0.15, 0.2) is 0 Å². The zero-order valence-corrected chi connectivity index (χ0v) is 3.99. The summed E-state index contributed by atoms with van der Waals surface area (Å²) in [6.45, 7) is 3.24. The van der Waals surface area contributed by atoms with Crippen molar-refractivity contribution < 1.29 is 0 Å². The molecule has 0 spiro atoms. The number of rotatable bonds is 0. The lowest BCUT2D eigenvalue weighted by molar-refractivity contribution is 0.632. The van der Waals surface area contributed by atoms with Crippen molar-refractivity contribution in [3.05, 3.63) is 11.8 Å². The molecule has 0 aromatic rings. The molecule has 1 aliphatic rings. The van der Waals surface area contributed by atoms with Gasteiger partial charge in [-0.05, 0) is 6.92 Å². The first-order valence-electron chi connectivity index (χ1n) is 2.32. The topological polar surface area (TPSA) is 12.0 Å². The molecule has 1 heterocycles. The summed E-state index contributed by atoms with van der Waals surface area (Å²) in [5.74, 6) is 0. The highest BCUT2D eigenvalue weighted by atomic mass is 14.9. The van der Waals surface area contributed by atoms with E-state index in [-0.39, 0.29) is 0 Å². The SMILES string of the molecule is C/C=C1\CCN1. The van der Waals surface area contributed by atoms with Gasteiger partial charge in [0.1, 0.15) is 0 Å². The Balaban J connectivity index is 2.34. The van der Waals surface area contributed by atoms with E-state index >= 15 is 0 Å². The molecule has 0 saturated carbocycles. The Hall–Kier alpha value is -0.460. The Labute approximate surface area is 38.1 Å². The maximum absolute atomic E-state index is 3.16. The second-order valence-corrected chi connectivity index (χ2v) is 1.49. The highest BCUT2D eigenvalue weighted by molar-refractivity contribution is 5.05. The van der Waals surface area contributed by atoms with Crippen LogP contribution >= 0.6 is 0 Å². The van der Waals surface area contributed by atoms with Crippen molar-refractivity contribution >= 4 is 0 Å². The van der Waals surface area contributed by atoms with Gasteiger partial charge in [-0.3, -0.25) is 0 Å². The van der Waals surface area contributed by atoms with Crippen molar-refractivity contribution in [3.8, 4) is 0 Å². The summed E-state index contributed by atoms with van der Waals surface area (Å²) in [4.78, 5) is 0. The van der Waals surface area contributed by atoms with Gasteiger partial charge < -0.3 is 5.32 Å². The van der Waals surface area contributed by atoms with Gasteiger partial charge in [-0.15, -0.1) is 0 Å². The lowest BCUT2D eigenvalue weighted by atomic mass is 10.2. The van der Waals surface area contributed by atoms with E-state index in [0.29, 0.717) is 0 Å². The van der Waals surface area contributed by atoms with E-state index in [0.717, 1.165) is 0 Å². The fourth-order valence-corrected chi connectivity index (χ4v) is 0.516. The number of allylic oxidation sites excluding steroid dienone is 1. The van der Waals surface area contributed by atoms with Crippen molar-refractivity contribution in [1.82, 2.24) is 5.32 Å². The molecule has 1 heteroatoms. The third-order valence-corrected chi connectivity index (χ3v) is 1.09. The summed E-state index contributed by atoms with van der Waals surface area (Å²) in [7, 11) is 0. The van der Waals surface area contributed by atoms with Crippen molar-refractivity contribution in [1.29, 1.82) is 0 Å². The Bertz CT molecular complexity index is 68.0. The summed E-state index contributed by atoms with van der Waals surface area (Å²) >= 11 is 0. The van der Waals surface area contributed by atoms with Crippen LogP contribution in [0.2, 0.25) is 0 Å². The average Bonchev–Trinajstić information content (AvgIpc) is 1.31. The average molecular weight is 83.1 g/mol. The molecule has 0 aromatic heterocycles. The molecule has 34 valence electrons. The molecule has 0 unspecified atom stereocenters. The van der Waals surface area contributed by atoms with Crippen LogP contribution in [0.3, 0.4) is 0 Å². The second kappa shape index (κ2) is 1.33. The number of hydrogen-bond donors (Lipinski definition) is 1. The van der Waals surface area contributed by atoms with Gasteiger partial charge >= 0.3 is 0 Å². The Morgan fingerprint density at radius 3 is 2.50 bits per heavy atom. The minimum absolute atomic E-state index is 1.18. The third-order valence-electron chi connectivity index (χ3n) is 1.09. The van der Waals surface area contributed by atoms with E-state index in [2.05, 4.69) is 18.3 Å². The van der Waals surface area contributed by atoms with E-state index in [9.17, 15) is 0 Å². The first kappa shape index (κ1) is 3.72. The predicted octanol–water partition coefficient (Wildman–Crippen LogP) is 0.883. The molecule has 1 N–H and O–H groups in total. The van der Waals surface area contributed by atoms with E-state index in [1.165, 1.54) is 18.7 Å². The van der Waals surface area contributed by atoms with Crippen molar-refractivity contribution in [3.63, 3.8) is 0 Å². The second-order valence-electron chi connectivity index (χ2n) is 1.49. The smallest absolute Gasteiger partial charge is 0.0198 e. The van der Waals surface area contributed by atoms with E-state index in [1.54, 1.807) is 0 Å². The van der Waals surface area contributed by atoms with E-state index in [4.69, 9.17) is 0 Å². The van der Waals surface area contributed by atoms with Crippen molar-refractivity contribution in [2.75, 3.05) is 6.54 Å². The van der Waals surface area contributed by atoms with Gasteiger partial charge in [0, 0.05) is 18.7 Å². The summed E-state index contributed by atoms with van der Waals surface area (Å²) < 4.78 is 0. The van der Waals surface area contributed by atoms with Crippen molar-refractivity contribution in [2.45, 2.75) is 13.3 Å². The first-order valence-corrected chi connectivity index (χ1v) is 2.32. The van der Waals surface area contributed by atoms with Crippen LogP contribution in [0.5, 0.6) is 0 Å². The van der Waals surface area contributed by atoms with Gasteiger partial charge in [-0.25, -0.2) is 0 Å². The summed E-state index contributed by atoms with van der Waals surface area (Å²) in [6.07, 6.45) is 3.38. The van der Waals surface area contributed by atoms with E-state index < -0.39 is 0 Å². The predicted molar refractivity (Wildman–Crippen MR) is 26.4 cm³/mol. The van der Waals surface area contributed by atoms with Crippen LogP contribution in [0.15, 0.2) is 11.8 Å². The minimum Gasteiger partial charge on any atom is -0.388 e. The first-order chi connectivity index (χ1) is 2.93. The summed E-state index contributed by atoms with van der Waals surface area (Å²) in [5.41, 5.74) is 1.40. The molecule has 0 atom stereocenters. The Kier molecular flexibility index (Phi) is 0.825. The highest BCUT2D eigenvalue weighted by Gasteiger charge is 2.01. The van der Waals surface area contributed by atoms with Crippen LogP contribution in [0.4, 0.5) is 0 Å². The molecule has 6 heavy (non-hydrogen) atoms. The molecule has 1 rings (SSSR count). The van der Waals surface area contributed by atoms with Gasteiger partial charge in [0.05, 0.1) is 0 Å². The van der Waals surface area contributed by atoms with Crippen LogP contribution < -0.4 is 5.32 Å². The maximum Gasteiger partial charge on any atom is 0.0198 e. The largest absolute Gasteiger partial charge is 0.388 e. The normalized spacial score (nSPS) is 25.8. The van der Waals surface area contributed by atoms with Crippen molar-refractivity contribution in [2.24, 2.45) is 0 Å². The molecule has 1 aliphatic heterocycles. The molecule has 0 amide bonds. The lowest BCUT2D eigenvalue weighted by Gasteiger charge is -2.18. The maximum atomic E-state index is 3.16. The fraction of sp³-hybridized carbons (Fsp3) is 0.600. The zero-order valence-electron chi connectivity index (χ0n) is 3.99. The van der Waals surface area contributed by atoms with Gasteiger partial charge in [0.2, 0.25) is 0 Å². The molecule has 0 radical (unpaired) electrons. The van der Waals surface area contributed by atoms with Crippen LogP contribution in [0.1, 0.15) is 13.3 Å². The molecule has 0 aromatic carbocycles. The van der Waals surface area contributed by atoms with Crippen LogP contribution in [-0.2, 0) is 0 Å². The molecule has 0 bridgehead atoms. The van der Waals surface area contributed by atoms with Gasteiger partial charge in [-0.2, -0.15) is 0 Å². The summed E-state index contributed by atoms with van der Waals surface area (Å²) in [6, 6.07) is 0. The monoisotopic (exact) mass is 83.1 g/mol. The standard InChI is InChI=1S/C5H9N/c1-2-5-3-4-6-5/h2,6H,3-4H2,1H3/b5-2+. The summed E-state index contributed by atoms with van der Waals surface area (Å²) in [5, 5.41) is 3.16. The molecule has 1 fully saturated rings. The van der Waals surface area contributed by atoms with Crippen LogP contribution in [-0.4, -0.2) is 6.54 Å². The number of nitrogens with one attached hydrogen (secondary N) is 1. The van der Waals surface area contributed by atoms with E-state index in [1.807, 2.05) is 0 Å². The molecule has 1 nitrogen and oxygen atoms in total. The minimum atomic E-state index is 1.18. The highest BCUT2D eigenvalue weighted by Crippen LogP contribution is 2.03. The molecular formula is C5H9N. The van der Waals surface area contributed by atoms with Crippen LogP contribution in [0, 0.1) is 0 Å². The zero-order chi connectivity index (χ0) is 4.41. The Morgan fingerprint density at radius 2 is 2.50 bits per heavy atom. The fourth-order valence-electron chi connectivity index (χ4n) is 0.516. The van der Waals surface area contributed by atoms with Gasteiger partial charge in [-0.1, -0.05) is 6.08 Å². The molecular weight excluding hydrogens is 74.1 g/mol. The molecule has 1 saturated heterocycles. The molecule has 0 aliphatic carbocycles. The Morgan fingerprint density at radius 1 is 1.83 bits per heavy atom. The van der Waals surface area contributed by atoms with Gasteiger partial charge in [0.25, 0.3) is 0 Å². The lowest BCUT2D eigenvalue weighted by Crippen LogP contribution is -2.26. The third kappa shape index (κ3) is 0.402. The number of hydrogen-bond acceptors (Lipinski definition) is 1. The quantitative estimate of drug-likeness (QED) is 0.458. The van der Waals surface area contributed by atoms with Crippen LogP contribution in [0.25, 0.3) is 0 Å².